The maximum absolute atomic E-state index is 12.9. The molecule has 1 aliphatic heterocycles. The van der Waals surface area contributed by atoms with E-state index in [1.165, 1.54) is 13.3 Å². The molecule has 1 fully saturated rings. The minimum absolute atomic E-state index is 0.00296. The van der Waals surface area contributed by atoms with E-state index in [-0.39, 0.29) is 17.4 Å². The number of ether oxygens (including phenoxy) is 1. The van der Waals surface area contributed by atoms with Gasteiger partial charge in [-0.1, -0.05) is 0 Å². The van der Waals surface area contributed by atoms with Crippen LogP contribution in [0.5, 0.6) is 5.88 Å². The van der Waals surface area contributed by atoms with Crippen molar-refractivity contribution >= 4 is 0 Å². The summed E-state index contributed by atoms with van der Waals surface area (Å²) >= 11 is 0. The van der Waals surface area contributed by atoms with Crippen molar-refractivity contribution in [3.05, 3.63) is 23.4 Å². The van der Waals surface area contributed by atoms with Crippen molar-refractivity contribution < 1.29 is 17.9 Å². The van der Waals surface area contributed by atoms with Crippen LogP contribution in [0, 0.1) is 5.92 Å². The van der Waals surface area contributed by atoms with Crippen molar-refractivity contribution in [2.75, 3.05) is 27.2 Å². The highest BCUT2D eigenvalue weighted by molar-refractivity contribution is 5.32. The van der Waals surface area contributed by atoms with E-state index in [4.69, 9.17) is 4.74 Å². The number of hydrogen-bond acceptors (Lipinski definition) is 3. The summed E-state index contributed by atoms with van der Waals surface area (Å²) in [6.07, 6.45) is -2.67. The summed E-state index contributed by atoms with van der Waals surface area (Å²) in [6, 6.07) is 0.970. The number of nitrogens with zero attached hydrogens (tertiary/aromatic N) is 2. The summed E-state index contributed by atoms with van der Waals surface area (Å²) in [5.74, 6) is 0.281. The first-order valence-corrected chi connectivity index (χ1v) is 5.69. The molecular formula is C12H15F3N2O. The number of likely N-dealkylation sites (tertiary alicyclic amines) is 1. The molecule has 3 nitrogen and oxygen atoms in total. The molecule has 100 valence electrons. The Kier molecular flexibility index (Phi) is 3.47. The molecule has 2 heterocycles. The molecule has 0 unspecified atom stereocenters. The number of methoxy groups -OCH3 is 1. The van der Waals surface area contributed by atoms with Crippen molar-refractivity contribution in [2.24, 2.45) is 5.92 Å². The quantitative estimate of drug-likeness (QED) is 0.833. The smallest absolute Gasteiger partial charge is 0.416 e. The zero-order valence-corrected chi connectivity index (χ0v) is 10.3. The lowest BCUT2D eigenvalue weighted by atomic mass is 9.91. The average molecular weight is 260 g/mol. The van der Waals surface area contributed by atoms with Gasteiger partial charge in [0.15, 0.2) is 0 Å². The molecule has 0 aromatic carbocycles. The molecule has 2 rings (SSSR count). The van der Waals surface area contributed by atoms with Gasteiger partial charge in [0.2, 0.25) is 5.88 Å². The lowest BCUT2D eigenvalue weighted by molar-refractivity contribution is -0.138. The van der Waals surface area contributed by atoms with Gasteiger partial charge in [-0.05, 0) is 24.9 Å². The zero-order valence-electron chi connectivity index (χ0n) is 10.3. The van der Waals surface area contributed by atoms with Gasteiger partial charge in [-0.25, -0.2) is 4.98 Å². The molecule has 1 saturated heterocycles. The van der Waals surface area contributed by atoms with E-state index >= 15 is 0 Å². The molecule has 18 heavy (non-hydrogen) atoms. The maximum atomic E-state index is 12.9. The molecule has 1 aromatic rings. The fourth-order valence-electron chi connectivity index (χ4n) is 2.27. The number of alkyl halides is 3. The molecule has 0 amide bonds. The molecule has 0 bridgehead atoms. The van der Waals surface area contributed by atoms with E-state index in [0.29, 0.717) is 6.42 Å². The van der Waals surface area contributed by atoms with Crippen molar-refractivity contribution in [1.29, 1.82) is 0 Å². The summed E-state index contributed by atoms with van der Waals surface area (Å²) in [4.78, 5) is 5.94. The van der Waals surface area contributed by atoms with Crippen LogP contribution in [0.3, 0.4) is 0 Å². The minimum Gasteiger partial charge on any atom is -0.481 e. The fraction of sp³-hybridized carbons (Fsp3) is 0.583. The summed E-state index contributed by atoms with van der Waals surface area (Å²) in [5, 5.41) is 0. The third-order valence-corrected chi connectivity index (χ3v) is 3.12. The Bertz CT molecular complexity index is 428. The van der Waals surface area contributed by atoms with Crippen LogP contribution in [0.1, 0.15) is 11.1 Å². The van der Waals surface area contributed by atoms with Crippen molar-refractivity contribution in [3.63, 3.8) is 0 Å². The van der Waals surface area contributed by atoms with Crippen LogP contribution in [-0.4, -0.2) is 37.1 Å². The van der Waals surface area contributed by atoms with Crippen molar-refractivity contribution in [1.82, 2.24) is 9.88 Å². The highest BCUT2D eigenvalue weighted by Gasteiger charge is 2.35. The van der Waals surface area contributed by atoms with Crippen LogP contribution in [-0.2, 0) is 12.6 Å². The first kappa shape index (κ1) is 13.1. The summed E-state index contributed by atoms with van der Waals surface area (Å²) in [6.45, 7) is 1.67. The first-order chi connectivity index (χ1) is 8.40. The Morgan fingerprint density at radius 1 is 1.44 bits per heavy atom. The molecule has 0 aliphatic carbocycles. The van der Waals surface area contributed by atoms with Crippen molar-refractivity contribution in [3.8, 4) is 5.88 Å². The van der Waals surface area contributed by atoms with Crippen molar-refractivity contribution in [2.45, 2.75) is 12.6 Å². The van der Waals surface area contributed by atoms with Crippen LogP contribution in [0.4, 0.5) is 13.2 Å². The Balaban J connectivity index is 2.22. The molecule has 0 spiro atoms. The van der Waals surface area contributed by atoms with Gasteiger partial charge in [-0.2, -0.15) is 13.2 Å². The predicted molar refractivity (Wildman–Crippen MR) is 60.5 cm³/mol. The molecule has 0 saturated carbocycles. The Morgan fingerprint density at radius 3 is 2.61 bits per heavy atom. The first-order valence-electron chi connectivity index (χ1n) is 5.69. The lowest BCUT2D eigenvalue weighted by Crippen LogP contribution is -2.44. The number of pyridine rings is 1. The van der Waals surface area contributed by atoms with Crippen LogP contribution in [0.15, 0.2) is 12.3 Å². The molecule has 0 N–H and O–H groups in total. The van der Waals surface area contributed by atoms with Crippen LogP contribution in [0.25, 0.3) is 0 Å². The fourth-order valence-corrected chi connectivity index (χ4v) is 2.27. The van der Waals surface area contributed by atoms with Gasteiger partial charge in [-0.3, -0.25) is 0 Å². The summed E-state index contributed by atoms with van der Waals surface area (Å²) in [5.41, 5.74) is -0.384. The number of rotatable bonds is 3. The van der Waals surface area contributed by atoms with E-state index < -0.39 is 11.7 Å². The molecule has 1 aromatic heterocycles. The molecule has 0 radical (unpaired) electrons. The minimum atomic E-state index is -4.36. The average Bonchev–Trinajstić information content (AvgIpc) is 2.26. The summed E-state index contributed by atoms with van der Waals surface area (Å²) in [7, 11) is 3.26. The topological polar surface area (TPSA) is 25.4 Å². The van der Waals surface area contributed by atoms with Crippen LogP contribution < -0.4 is 4.74 Å². The lowest BCUT2D eigenvalue weighted by Gasteiger charge is -2.36. The van der Waals surface area contributed by atoms with Gasteiger partial charge >= 0.3 is 6.18 Å². The molecule has 6 heteroatoms. The number of hydrogen-bond donors (Lipinski definition) is 0. The second kappa shape index (κ2) is 4.76. The monoisotopic (exact) mass is 260 g/mol. The van der Waals surface area contributed by atoms with Gasteiger partial charge in [-0.15, -0.1) is 0 Å². The Labute approximate surface area is 104 Å². The van der Waals surface area contributed by atoms with Gasteiger partial charge < -0.3 is 9.64 Å². The second-order valence-electron chi connectivity index (χ2n) is 4.67. The summed E-state index contributed by atoms with van der Waals surface area (Å²) < 4.78 is 43.5. The predicted octanol–water partition coefficient (Wildman–Crippen LogP) is 2.21. The van der Waals surface area contributed by atoms with Crippen LogP contribution in [0.2, 0.25) is 0 Å². The third kappa shape index (κ3) is 2.75. The maximum Gasteiger partial charge on any atom is 0.416 e. The van der Waals surface area contributed by atoms with Gasteiger partial charge in [0.1, 0.15) is 0 Å². The Hall–Kier alpha value is -1.30. The standard InChI is InChI=1S/C12H15F3N2O/c1-17-6-8(7-17)3-9-5-16-11(18-2)4-10(9)12(13,14)15/h4-5,8H,3,6-7H2,1-2H3. The normalized spacial score (nSPS) is 17.6. The molecule has 0 atom stereocenters. The van der Waals surface area contributed by atoms with Crippen LogP contribution >= 0.6 is 0 Å². The van der Waals surface area contributed by atoms with E-state index in [1.807, 2.05) is 7.05 Å². The van der Waals surface area contributed by atoms with E-state index in [0.717, 1.165) is 19.2 Å². The number of aromatic nitrogens is 1. The second-order valence-corrected chi connectivity index (χ2v) is 4.67. The van der Waals surface area contributed by atoms with E-state index in [9.17, 15) is 13.2 Å². The highest BCUT2D eigenvalue weighted by atomic mass is 19.4. The zero-order chi connectivity index (χ0) is 13.3. The number of halogens is 3. The highest BCUT2D eigenvalue weighted by Crippen LogP contribution is 2.35. The Morgan fingerprint density at radius 2 is 2.11 bits per heavy atom. The third-order valence-electron chi connectivity index (χ3n) is 3.12. The molecule has 1 aliphatic rings. The molecular weight excluding hydrogens is 245 g/mol. The van der Waals surface area contributed by atoms with E-state index in [2.05, 4.69) is 9.88 Å². The van der Waals surface area contributed by atoms with Gasteiger partial charge in [0.25, 0.3) is 0 Å². The van der Waals surface area contributed by atoms with Gasteiger partial charge in [0, 0.05) is 25.4 Å². The largest absolute Gasteiger partial charge is 0.481 e. The van der Waals surface area contributed by atoms with E-state index in [1.54, 1.807) is 0 Å². The van der Waals surface area contributed by atoms with Gasteiger partial charge in [0.05, 0.1) is 12.7 Å². The SMILES string of the molecule is COc1cc(C(F)(F)F)c(CC2CN(C)C2)cn1.